The predicted molar refractivity (Wildman–Crippen MR) is 98.6 cm³/mol. The van der Waals surface area contributed by atoms with Crippen LogP contribution in [0.5, 0.6) is 17.2 Å². The number of benzene rings is 2. The molecule has 2 rings (SSSR count). The van der Waals surface area contributed by atoms with Crippen LogP contribution < -0.4 is 30.6 Å². The van der Waals surface area contributed by atoms with Crippen molar-refractivity contribution >= 4 is 11.9 Å². The average molecular weight is 374 g/mol. The summed E-state index contributed by atoms with van der Waals surface area (Å²) in [5.74, 6) is 1.21. The van der Waals surface area contributed by atoms with E-state index in [1.54, 1.807) is 38.8 Å². The minimum Gasteiger partial charge on any atom is -0.496 e. The summed E-state index contributed by atoms with van der Waals surface area (Å²) in [5, 5.41) is 3.93. The second-order valence-corrected chi connectivity index (χ2v) is 5.70. The second kappa shape index (κ2) is 9.44. The largest absolute Gasteiger partial charge is 0.496 e. The van der Waals surface area contributed by atoms with Crippen molar-refractivity contribution in [2.45, 2.75) is 12.6 Å². The lowest BCUT2D eigenvalue weighted by molar-refractivity contribution is -0.698. The maximum atomic E-state index is 12.4. The fourth-order valence-electron chi connectivity index (χ4n) is 2.75. The Hall–Kier alpha value is -3.26. The minimum atomic E-state index is -0.891. The van der Waals surface area contributed by atoms with Gasteiger partial charge in [-0.15, -0.1) is 0 Å². The van der Waals surface area contributed by atoms with E-state index < -0.39 is 18.0 Å². The zero-order chi connectivity index (χ0) is 19.8. The lowest BCUT2D eigenvalue weighted by Crippen LogP contribution is -2.86. The molecule has 0 aliphatic heterocycles. The zero-order valence-electron chi connectivity index (χ0n) is 15.5. The summed E-state index contributed by atoms with van der Waals surface area (Å²) in [5.41, 5.74) is 6.65. The van der Waals surface area contributed by atoms with Gasteiger partial charge in [0, 0.05) is 11.6 Å². The van der Waals surface area contributed by atoms with E-state index in [0.29, 0.717) is 23.8 Å². The molecule has 3 amide bonds. The van der Waals surface area contributed by atoms with E-state index >= 15 is 0 Å². The van der Waals surface area contributed by atoms with Crippen molar-refractivity contribution in [2.75, 3.05) is 21.3 Å². The number of urea groups is 1. The van der Waals surface area contributed by atoms with E-state index in [1.807, 2.05) is 30.3 Å². The van der Waals surface area contributed by atoms with Crippen molar-refractivity contribution < 1.29 is 29.1 Å². The number of carbonyl (C=O) groups excluding carboxylic acids is 2. The number of primary amides is 1. The molecule has 0 bridgehead atoms. The van der Waals surface area contributed by atoms with E-state index in [1.165, 1.54) is 0 Å². The Morgan fingerprint density at radius 1 is 1.00 bits per heavy atom. The van der Waals surface area contributed by atoms with Crippen molar-refractivity contribution in [1.82, 2.24) is 5.32 Å². The normalized spacial score (nSPS) is 11.4. The molecule has 0 fully saturated rings. The molecule has 1 atom stereocenters. The quantitative estimate of drug-likeness (QED) is 0.629. The fraction of sp³-hybridized carbons (Fsp3) is 0.263. The van der Waals surface area contributed by atoms with Crippen LogP contribution in [0, 0.1) is 0 Å². The van der Waals surface area contributed by atoms with Crippen LogP contribution in [0.3, 0.4) is 0 Å². The molecule has 0 spiro atoms. The van der Waals surface area contributed by atoms with Gasteiger partial charge in [0.05, 0.1) is 26.9 Å². The number of amides is 3. The predicted octanol–water partition coefficient (Wildman–Crippen LogP) is 0.712. The molecular weight excluding hydrogens is 350 g/mol. The third kappa shape index (κ3) is 5.11. The maximum absolute atomic E-state index is 12.4. The highest BCUT2D eigenvalue weighted by Crippen LogP contribution is 2.34. The summed E-state index contributed by atoms with van der Waals surface area (Å²) in [6.45, 7) is 0.398. The molecule has 0 heterocycles. The van der Waals surface area contributed by atoms with Crippen LogP contribution in [0.25, 0.3) is 0 Å². The van der Waals surface area contributed by atoms with Gasteiger partial charge >= 0.3 is 6.03 Å². The first-order valence-electron chi connectivity index (χ1n) is 8.27. The molecule has 8 nitrogen and oxygen atoms in total. The van der Waals surface area contributed by atoms with Crippen molar-refractivity contribution in [1.29, 1.82) is 0 Å². The number of quaternary nitrogens is 1. The van der Waals surface area contributed by atoms with Gasteiger partial charge in [0.1, 0.15) is 12.3 Å². The second-order valence-electron chi connectivity index (χ2n) is 5.70. The number of nitrogens with two attached hydrogens (primary N) is 2. The number of rotatable bonds is 8. The molecule has 0 radical (unpaired) electrons. The number of hydrogen-bond donors (Lipinski definition) is 3. The number of hydrogen-bond acceptors (Lipinski definition) is 5. The van der Waals surface area contributed by atoms with Gasteiger partial charge in [0.15, 0.2) is 17.5 Å². The Balaban J connectivity index is 2.28. The highest BCUT2D eigenvalue weighted by atomic mass is 16.5. The maximum Gasteiger partial charge on any atom is 0.319 e. The lowest BCUT2D eigenvalue weighted by Gasteiger charge is -2.17. The molecule has 0 aromatic heterocycles. The summed E-state index contributed by atoms with van der Waals surface area (Å²) >= 11 is 0. The first kappa shape index (κ1) is 20.1. The van der Waals surface area contributed by atoms with E-state index in [-0.39, 0.29) is 0 Å². The zero-order valence-corrected chi connectivity index (χ0v) is 15.5. The number of ether oxygens (including phenoxy) is 3. The summed E-state index contributed by atoms with van der Waals surface area (Å²) in [6, 6.07) is 11.1. The van der Waals surface area contributed by atoms with Crippen molar-refractivity contribution in [2.24, 2.45) is 5.73 Å². The molecule has 2 aromatic rings. The summed E-state index contributed by atoms with van der Waals surface area (Å²) in [7, 11) is 4.65. The molecule has 27 heavy (non-hydrogen) atoms. The highest BCUT2D eigenvalue weighted by molar-refractivity contribution is 5.96. The molecule has 0 saturated carbocycles. The van der Waals surface area contributed by atoms with Gasteiger partial charge in [-0.1, -0.05) is 30.3 Å². The Morgan fingerprint density at radius 2 is 1.59 bits per heavy atom. The standard InChI is InChI=1S/C19H23N3O5/c1-25-14-10-16(27-3)15(26-2)9-13(14)11-21-17(18(23)22-19(20)24)12-7-5-4-6-8-12/h4-10,17,21H,11H2,1-3H3,(H3,20,22,23,24)/p+1/t17-/m1/s1. The number of nitrogens with one attached hydrogen (secondary N) is 1. The molecule has 5 N–H and O–H groups in total. The SMILES string of the molecule is COc1cc(OC)c(OC)cc1C[NH2+][C@@H](C(=O)NC(N)=O)c1ccccc1. The van der Waals surface area contributed by atoms with E-state index in [2.05, 4.69) is 5.32 Å². The average Bonchev–Trinajstić information content (AvgIpc) is 2.67. The van der Waals surface area contributed by atoms with Crippen molar-refractivity contribution in [3.8, 4) is 17.2 Å². The van der Waals surface area contributed by atoms with Gasteiger partial charge in [-0.3, -0.25) is 10.1 Å². The van der Waals surface area contributed by atoms with Gasteiger partial charge in [-0.05, 0) is 6.07 Å². The molecule has 0 unspecified atom stereocenters. The van der Waals surface area contributed by atoms with Crippen LogP contribution in [-0.2, 0) is 11.3 Å². The van der Waals surface area contributed by atoms with Crippen LogP contribution in [0.4, 0.5) is 4.79 Å². The molecule has 0 aliphatic rings. The minimum absolute atomic E-state index is 0.398. The highest BCUT2D eigenvalue weighted by Gasteiger charge is 2.26. The fourth-order valence-corrected chi connectivity index (χ4v) is 2.75. The third-order valence-electron chi connectivity index (χ3n) is 4.05. The smallest absolute Gasteiger partial charge is 0.319 e. The van der Waals surface area contributed by atoms with Crippen LogP contribution in [-0.4, -0.2) is 33.3 Å². The Morgan fingerprint density at radius 3 is 2.15 bits per heavy atom. The van der Waals surface area contributed by atoms with Gasteiger partial charge in [0.2, 0.25) is 0 Å². The van der Waals surface area contributed by atoms with Crippen LogP contribution in [0.15, 0.2) is 42.5 Å². The third-order valence-corrected chi connectivity index (χ3v) is 4.05. The number of imide groups is 1. The Labute approximate surface area is 157 Å². The summed E-state index contributed by atoms with van der Waals surface area (Å²) in [6.07, 6.45) is 0. The monoisotopic (exact) mass is 374 g/mol. The summed E-state index contributed by atoms with van der Waals surface area (Å²) < 4.78 is 16.0. The Kier molecular flexibility index (Phi) is 7.01. The number of methoxy groups -OCH3 is 3. The van der Waals surface area contributed by atoms with E-state index in [0.717, 1.165) is 11.1 Å². The molecule has 8 heteroatoms. The molecular formula is C19H24N3O5+. The van der Waals surface area contributed by atoms with E-state index in [9.17, 15) is 9.59 Å². The Bertz CT molecular complexity index is 795. The van der Waals surface area contributed by atoms with Crippen molar-refractivity contribution in [3.63, 3.8) is 0 Å². The summed E-state index contributed by atoms with van der Waals surface area (Å²) in [4.78, 5) is 23.5. The van der Waals surface area contributed by atoms with Gasteiger partial charge < -0.3 is 25.3 Å². The van der Waals surface area contributed by atoms with Crippen LogP contribution in [0.2, 0.25) is 0 Å². The molecule has 144 valence electrons. The van der Waals surface area contributed by atoms with Gasteiger partial charge in [-0.25, -0.2) is 4.79 Å². The van der Waals surface area contributed by atoms with Gasteiger partial charge in [-0.2, -0.15) is 0 Å². The molecule has 2 aromatic carbocycles. The topological polar surface area (TPSA) is 116 Å². The number of carbonyl (C=O) groups is 2. The lowest BCUT2D eigenvalue weighted by atomic mass is 10.1. The van der Waals surface area contributed by atoms with Crippen molar-refractivity contribution in [3.05, 3.63) is 53.6 Å². The first-order valence-corrected chi connectivity index (χ1v) is 8.27. The van der Waals surface area contributed by atoms with E-state index in [4.69, 9.17) is 19.9 Å². The van der Waals surface area contributed by atoms with Gasteiger partial charge in [0.25, 0.3) is 5.91 Å². The van der Waals surface area contributed by atoms with Crippen LogP contribution in [0.1, 0.15) is 17.2 Å². The molecule has 0 saturated heterocycles. The first-order chi connectivity index (χ1) is 13.0. The van der Waals surface area contributed by atoms with Crippen LogP contribution >= 0.6 is 0 Å². The molecule has 0 aliphatic carbocycles.